The van der Waals surface area contributed by atoms with Crippen LogP contribution in [0.5, 0.6) is 0 Å². The van der Waals surface area contributed by atoms with E-state index in [1.807, 2.05) is 30.5 Å². The van der Waals surface area contributed by atoms with E-state index in [1.165, 1.54) is 11.1 Å². The Kier molecular flexibility index (Phi) is 2.86. The van der Waals surface area contributed by atoms with Crippen LogP contribution in [0.15, 0.2) is 77.9 Å². The summed E-state index contributed by atoms with van der Waals surface area (Å²) in [7, 11) is 0. The minimum atomic E-state index is 0.691. The minimum Gasteiger partial charge on any atom is -0.279 e. The number of benzene rings is 2. The molecule has 100 valence electrons. The average molecular weight is 270 g/mol. The number of hydrogen-bond acceptors (Lipinski definition) is 2. The van der Waals surface area contributed by atoms with E-state index in [0.717, 1.165) is 22.5 Å². The lowest BCUT2D eigenvalue weighted by Gasteiger charge is -2.09. The molecule has 1 aliphatic heterocycles. The Hall–Kier alpha value is -2.74. The monoisotopic (exact) mass is 270 g/mol. The van der Waals surface area contributed by atoms with E-state index >= 15 is 0 Å². The van der Waals surface area contributed by atoms with E-state index in [-0.39, 0.29) is 0 Å². The van der Waals surface area contributed by atoms with Crippen LogP contribution in [-0.4, -0.2) is 10.7 Å². The molecule has 1 aromatic heterocycles. The highest BCUT2D eigenvalue weighted by Gasteiger charge is 2.18. The molecule has 0 bridgehead atoms. The van der Waals surface area contributed by atoms with Gasteiger partial charge in [-0.2, -0.15) is 0 Å². The topological polar surface area (TPSA) is 25.2 Å². The Bertz CT molecular complexity index is 820. The van der Waals surface area contributed by atoms with Crippen molar-refractivity contribution in [2.45, 2.75) is 6.54 Å². The van der Waals surface area contributed by atoms with Gasteiger partial charge in [-0.15, -0.1) is 0 Å². The molecule has 0 radical (unpaired) electrons. The maximum Gasteiger partial charge on any atom is 0.0799 e. The summed E-state index contributed by atoms with van der Waals surface area (Å²) in [5, 5.41) is 0. The molecule has 3 aromatic rings. The van der Waals surface area contributed by atoms with Crippen LogP contribution in [0.25, 0.3) is 11.3 Å². The lowest BCUT2D eigenvalue weighted by atomic mass is 9.97. The van der Waals surface area contributed by atoms with Gasteiger partial charge in [-0.1, -0.05) is 54.6 Å². The number of fused-ring (bicyclic) bond motifs is 3. The Morgan fingerprint density at radius 3 is 2.38 bits per heavy atom. The third-order valence-electron chi connectivity index (χ3n) is 3.79. The van der Waals surface area contributed by atoms with Crippen molar-refractivity contribution in [3.63, 3.8) is 0 Å². The highest BCUT2D eigenvalue weighted by atomic mass is 14.8. The first-order valence-corrected chi connectivity index (χ1v) is 7.07. The summed E-state index contributed by atoms with van der Waals surface area (Å²) in [5.41, 5.74) is 6.70. The molecular weight excluding hydrogens is 256 g/mol. The van der Waals surface area contributed by atoms with E-state index in [0.29, 0.717) is 6.54 Å². The van der Waals surface area contributed by atoms with Crippen molar-refractivity contribution in [1.82, 2.24) is 4.98 Å². The molecule has 0 fully saturated rings. The second-order valence-electron chi connectivity index (χ2n) is 5.09. The van der Waals surface area contributed by atoms with Crippen LogP contribution in [0.2, 0.25) is 0 Å². The van der Waals surface area contributed by atoms with Gasteiger partial charge >= 0.3 is 0 Å². The molecule has 0 amide bonds. The zero-order valence-corrected chi connectivity index (χ0v) is 11.5. The Morgan fingerprint density at radius 1 is 0.714 bits per heavy atom. The fraction of sp³-hybridized carbons (Fsp3) is 0.0526. The van der Waals surface area contributed by atoms with Gasteiger partial charge in [-0.3, -0.25) is 9.98 Å². The molecule has 0 atom stereocenters. The Morgan fingerprint density at radius 2 is 1.48 bits per heavy atom. The van der Waals surface area contributed by atoms with Crippen molar-refractivity contribution in [2.75, 3.05) is 0 Å². The number of aliphatic imine (C=N–C) groups is 1. The van der Waals surface area contributed by atoms with Crippen molar-refractivity contribution in [2.24, 2.45) is 4.99 Å². The molecule has 0 saturated heterocycles. The highest BCUT2D eigenvalue weighted by Crippen LogP contribution is 2.30. The smallest absolute Gasteiger partial charge is 0.0799 e. The van der Waals surface area contributed by atoms with Crippen molar-refractivity contribution in [1.29, 1.82) is 0 Å². The molecule has 2 nitrogen and oxygen atoms in total. The molecule has 0 saturated carbocycles. The SMILES string of the molecule is c1ccc(C2=NCc3ccccc3-c3ncccc32)cc1. The first-order valence-electron chi connectivity index (χ1n) is 7.07. The number of rotatable bonds is 1. The van der Waals surface area contributed by atoms with E-state index < -0.39 is 0 Å². The Labute approximate surface area is 123 Å². The third-order valence-corrected chi connectivity index (χ3v) is 3.79. The van der Waals surface area contributed by atoms with Crippen molar-refractivity contribution in [3.05, 3.63) is 89.6 Å². The summed E-state index contributed by atoms with van der Waals surface area (Å²) in [6.07, 6.45) is 1.85. The van der Waals surface area contributed by atoms with Gasteiger partial charge in [0.05, 0.1) is 18.0 Å². The summed E-state index contributed by atoms with van der Waals surface area (Å²) in [6, 6.07) is 22.8. The van der Waals surface area contributed by atoms with Crippen molar-refractivity contribution in [3.8, 4) is 11.3 Å². The van der Waals surface area contributed by atoms with E-state index in [1.54, 1.807) is 0 Å². The van der Waals surface area contributed by atoms with Crippen LogP contribution in [0.1, 0.15) is 16.7 Å². The van der Waals surface area contributed by atoms with Gasteiger partial charge in [-0.25, -0.2) is 0 Å². The van der Waals surface area contributed by atoms with Crippen LogP contribution < -0.4 is 0 Å². The second-order valence-corrected chi connectivity index (χ2v) is 5.09. The molecule has 1 aliphatic rings. The van der Waals surface area contributed by atoms with Crippen LogP contribution in [0.3, 0.4) is 0 Å². The molecule has 21 heavy (non-hydrogen) atoms. The molecule has 0 N–H and O–H groups in total. The quantitative estimate of drug-likeness (QED) is 0.653. The number of aromatic nitrogens is 1. The van der Waals surface area contributed by atoms with E-state index in [2.05, 4.69) is 47.4 Å². The normalized spacial score (nSPS) is 12.9. The summed E-state index contributed by atoms with van der Waals surface area (Å²) >= 11 is 0. The van der Waals surface area contributed by atoms with E-state index in [9.17, 15) is 0 Å². The van der Waals surface area contributed by atoms with Crippen LogP contribution >= 0.6 is 0 Å². The van der Waals surface area contributed by atoms with Gasteiger partial charge in [0.2, 0.25) is 0 Å². The van der Waals surface area contributed by atoms with Crippen molar-refractivity contribution >= 4 is 5.71 Å². The Balaban J connectivity index is 1.99. The number of nitrogens with zero attached hydrogens (tertiary/aromatic N) is 2. The van der Waals surface area contributed by atoms with Gasteiger partial charge in [0.15, 0.2) is 0 Å². The predicted octanol–water partition coefficient (Wildman–Crippen LogP) is 4.10. The molecular formula is C19H14N2. The molecule has 0 unspecified atom stereocenters. The van der Waals surface area contributed by atoms with Gasteiger partial charge in [0, 0.05) is 22.9 Å². The molecule has 4 rings (SSSR count). The highest BCUT2D eigenvalue weighted by molar-refractivity contribution is 6.16. The summed E-state index contributed by atoms with van der Waals surface area (Å²) in [4.78, 5) is 9.47. The zero-order valence-electron chi connectivity index (χ0n) is 11.5. The molecule has 0 aliphatic carbocycles. The fourth-order valence-corrected chi connectivity index (χ4v) is 2.79. The van der Waals surface area contributed by atoms with Gasteiger partial charge in [-0.05, 0) is 17.7 Å². The van der Waals surface area contributed by atoms with Crippen LogP contribution in [0, 0.1) is 0 Å². The van der Waals surface area contributed by atoms with Crippen LogP contribution in [0.4, 0.5) is 0 Å². The average Bonchev–Trinajstić information content (AvgIpc) is 2.73. The first kappa shape index (κ1) is 12.0. The summed E-state index contributed by atoms with van der Waals surface area (Å²) in [6.45, 7) is 0.691. The lowest BCUT2D eigenvalue weighted by Crippen LogP contribution is -2.05. The fourth-order valence-electron chi connectivity index (χ4n) is 2.79. The zero-order chi connectivity index (χ0) is 14.1. The van der Waals surface area contributed by atoms with Crippen LogP contribution in [-0.2, 0) is 6.54 Å². The van der Waals surface area contributed by atoms with Gasteiger partial charge in [0.1, 0.15) is 0 Å². The summed E-state index contributed by atoms with van der Waals surface area (Å²) in [5.74, 6) is 0. The largest absolute Gasteiger partial charge is 0.279 e. The molecule has 2 heteroatoms. The van der Waals surface area contributed by atoms with E-state index in [4.69, 9.17) is 4.99 Å². The van der Waals surface area contributed by atoms with Crippen molar-refractivity contribution < 1.29 is 0 Å². The third kappa shape index (κ3) is 2.05. The second kappa shape index (κ2) is 4.98. The number of pyridine rings is 1. The molecule has 2 heterocycles. The summed E-state index contributed by atoms with van der Waals surface area (Å²) < 4.78 is 0. The van der Waals surface area contributed by atoms with Gasteiger partial charge < -0.3 is 0 Å². The first-order chi connectivity index (χ1) is 10.4. The lowest BCUT2D eigenvalue weighted by molar-refractivity contribution is 1.08. The molecule has 2 aromatic carbocycles. The standard InChI is InChI=1S/C19H14N2/c1-2-7-14(8-3-1)18-17-11-6-12-20-19(17)16-10-5-4-9-15(16)13-21-18/h1-12H,13H2. The minimum absolute atomic E-state index is 0.691. The number of hydrogen-bond donors (Lipinski definition) is 0. The maximum atomic E-state index is 4.85. The molecule has 0 spiro atoms. The maximum absolute atomic E-state index is 4.85. The predicted molar refractivity (Wildman–Crippen MR) is 85.5 cm³/mol. The van der Waals surface area contributed by atoms with Gasteiger partial charge in [0.25, 0.3) is 0 Å².